The van der Waals surface area contributed by atoms with Crippen molar-refractivity contribution in [2.24, 2.45) is 5.73 Å². The van der Waals surface area contributed by atoms with Crippen LogP contribution >= 0.6 is 0 Å². The third kappa shape index (κ3) is 4.61. The molecule has 118 valence electrons. The number of halogens is 2. The van der Waals surface area contributed by atoms with Gasteiger partial charge < -0.3 is 10.8 Å². The van der Waals surface area contributed by atoms with Gasteiger partial charge in [-0.1, -0.05) is 60.7 Å². The molecule has 0 saturated heterocycles. The molecule has 2 nitrogen and oxygen atoms in total. The molecular formula is C18H21F2NO. The van der Waals surface area contributed by atoms with E-state index in [0.29, 0.717) is 0 Å². The van der Waals surface area contributed by atoms with E-state index in [1.807, 2.05) is 48.5 Å². The van der Waals surface area contributed by atoms with Crippen LogP contribution in [0.2, 0.25) is 0 Å². The van der Waals surface area contributed by atoms with E-state index in [1.54, 1.807) is 12.1 Å². The SMILES string of the molecule is N[C@@H](Cc1ccccc1)[C@@H](O)C(F)(F)CCc1ccccc1. The van der Waals surface area contributed by atoms with E-state index in [-0.39, 0.29) is 12.8 Å². The third-order valence-electron chi connectivity index (χ3n) is 3.74. The molecule has 2 aromatic carbocycles. The lowest BCUT2D eigenvalue weighted by Crippen LogP contribution is -2.48. The van der Waals surface area contributed by atoms with Crippen LogP contribution in [0.1, 0.15) is 17.5 Å². The van der Waals surface area contributed by atoms with Gasteiger partial charge >= 0.3 is 0 Å². The highest BCUT2D eigenvalue weighted by Gasteiger charge is 2.41. The summed E-state index contributed by atoms with van der Waals surface area (Å²) in [5.41, 5.74) is 7.44. The van der Waals surface area contributed by atoms with Gasteiger partial charge in [-0.25, -0.2) is 8.78 Å². The number of aryl methyl sites for hydroxylation is 1. The summed E-state index contributed by atoms with van der Waals surface area (Å²) < 4.78 is 28.3. The van der Waals surface area contributed by atoms with Crippen LogP contribution < -0.4 is 5.73 Å². The van der Waals surface area contributed by atoms with E-state index in [4.69, 9.17) is 5.73 Å². The zero-order valence-electron chi connectivity index (χ0n) is 12.3. The molecule has 0 aliphatic rings. The van der Waals surface area contributed by atoms with Crippen LogP contribution in [0.5, 0.6) is 0 Å². The quantitative estimate of drug-likeness (QED) is 0.825. The fraction of sp³-hybridized carbons (Fsp3) is 0.333. The largest absolute Gasteiger partial charge is 0.385 e. The molecule has 2 rings (SSSR count). The summed E-state index contributed by atoms with van der Waals surface area (Å²) in [4.78, 5) is 0. The average Bonchev–Trinajstić information content (AvgIpc) is 2.54. The Kier molecular flexibility index (Phi) is 5.63. The van der Waals surface area contributed by atoms with Gasteiger partial charge in [-0.05, 0) is 24.0 Å². The Morgan fingerprint density at radius 3 is 1.95 bits per heavy atom. The van der Waals surface area contributed by atoms with E-state index >= 15 is 0 Å². The summed E-state index contributed by atoms with van der Waals surface area (Å²) in [6.07, 6.45) is -1.83. The van der Waals surface area contributed by atoms with Crippen LogP contribution in [-0.4, -0.2) is 23.2 Å². The van der Waals surface area contributed by atoms with Gasteiger partial charge in [0.05, 0.1) is 0 Å². The van der Waals surface area contributed by atoms with Crippen molar-refractivity contribution in [2.45, 2.75) is 37.3 Å². The number of benzene rings is 2. The molecule has 0 heterocycles. The van der Waals surface area contributed by atoms with Crippen molar-refractivity contribution in [1.29, 1.82) is 0 Å². The van der Waals surface area contributed by atoms with E-state index in [2.05, 4.69) is 0 Å². The molecule has 2 aromatic rings. The second-order valence-corrected chi connectivity index (χ2v) is 5.55. The molecular weight excluding hydrogens is 284 g/mol. The number of nitrogens with two attached hydrogens (primary N) is 1. The summed E-state index contributed by atoms with van der Waals surface area (Å²) >= 11 is 0. The highest BCUT2D eigenvalue weighted by Crippen LogP contribution is 2.27. The van der Waals surface area contributed by atoms with Crippen molar-refractivity contribution in [1.82, 2.24) is 0 Å². The van der Waals surface area contributed by atoms with Crippen molar-refractivity contribution in [3.05, 3.63) is 71.8 Å². The predicted octanol–water partition coefficient (Wildman–Crippen LogP) is 3.19. The van der Waals surface area contributed by atoms with E-state index in [9.17, 15) is 13.9 Å². The lowest BCUT2D eigenvalue weighted by Gasteiger charge is -2.27. The van der Waals surface area contributed by atoms with Crippen molar-refractivity contribution < 1.29 is 13.9 Å². The highest BCUT2D eigenvalue weighted by molar-refractivity contribution is 5.17. The Balaban J connectivity index is 1.92. The monoisotopic (exact) mass is 305 g/mol. The summed E-state index contributed by atoms with van der Waals surface area (Å²) in [6, 6.07) is 17.2. The van der Waals surface area contributed by atoms with Gasteiger partial charge in [-0.2, -0.15) is 0 Å². The Bertz CT molecular complexity index is 560. The van der Waals surface area contributed by atoms with Crippen molar-refractivity contribution in [3.63, 3.8) is 0 Å². The minimum absolute atomic E-state index is 0.211. The van der Waals surface area contributed by atoms with Gasteiger partial charge in [-0.3, -0.25) is 0 Å². The van der Waals surface area contributed by atoms with Crippen LogP contribution in [0.4, 0.5) is 8.78 Å². The maximum Gasteiger partial charge on any atom is 0.275 e. The summed E-state index contributed by atoms with van der Waals surface area (Å²) in [6.45, 7) is 0. The molecule has 0 spiro atoms. The first-order valence-electron chi connectivity index (χ1n) is 7.38. The van der Waals surface area contributed by atoms with Crippen molar-refractivity contribution in [2.75, 3.05) is 0 Å². The van der Waals surface area contributed by atoms with E-state index < -0.39 is 24.5 Å². The van der Waals surface area contributed by atoms with Gasteiger partial charge in [0.1, 0.15) is 6.10 Å². The fourth-order valence-corrected chi connectivity index (χ4v) is 2.41. The van der Waals surface area contributed by atoms with Gasteiger partial charge in [-0.15, -0.1) is 0 Å². The van der Waals surface area contributed by atoms with E-state index in [1.165, 1.54) is 0 Å². The summed E-state index contributed by atoms with van der Waals surface area (Å²) in [5, 5.41) is 9.91. The fourth-order valence-electron chi connectivity index (χ4n) is 2.41. The first kappa shape index (κ1) is 16.6. The van der Waals surface area contributed by atoms with Crippen molar-refractivity contribution in [3.8, 4) is 0 Å². The van der Waals surface area contributed by atoms with Gasteiger partial charge in [0.15, 0.2) is 0 Å². The second-order valence-electron chi connectivity index (χ2n) is 5.55. The second kappa shape index (κ2) is 7.47. The number of aliphatic hydroxyl groups excluding tert-OH is 1. The number of hydrogen-bond donors (Lipinski definition) is 2. The maximum absolute atomic E-state index is 14.1. The van der Waals surface area contributed by atoms with Gasteiger partial charge in [0.25, 0.3) is 5.92 Å². The molecule has 0 bridgehead atoms. The summed E-state index contributed by atoms with van der Waals surface area (Å²) in [7, 11) is 0. The first-order valence-corrected chi connectivity index (χ1v) is 7.38. The van der Waals surface area contributed by atoms with E-state index in [0.717, 1.165) is 11.1 Å². The molecule has 0 fully saturated rings. The molecule has 0 unspecified atom stereocenters. The molecule has 0 aromatic heterocycles. The molecule has 0 amide bonds. The molecule has 22 heavy (non-hydrogen) atoms. The van der Waals surface area contributed by atoms with Crippen LogP contribution in [0, 0.1) is 0 Å². The van der Waals surface area contributed by atoms with Crippen LogP contribution in [0.25, 0.3) is 0 Å². The smallest absolute Gasteiger partial charge is 0.275 e. The average molecular weight is 305 g/mol. The van der Waals surface area contributed by atoms with Crippen molar-refractivity contribution >= 4 is 0 Å². The number of aliphatic hydroxyl groups is 1. The lowest BCUT2D eigenvalue weighted by atomic mass is 9.94. The summed E-state index contributed by atoms with van der Waals surface area (Å²) in [5.74, 6) is -3.20. The number of hydrogen-bond acceptors (Lipinski definition) is 2. The Morgan fingerprint density at radius 1 is 0.909 bits per heavy atom. The first-order chi connectivity index (χ1) is 10.5. The normalized spacial score (nSPS) is 14.5. The van der Waals surface area contributed by atoms with Crippen LogP contribution in [0.15, 0.2) is 60.7 Å². The van der Waals surface area contributed by atoms with Crippen LogP contribution in [-0.2, 0) is 12.8 Å². The molecule has 3 N–H and O–H groups in total. The van der Waals surface area contributed by atoms with Gasteiger partial charge in [0, 0.05) is 12.5 Å². The van der Waals surface area contributed by atoms with Gasteiger partial charge in [0.2, 0.25) is 0 Å². The zero-order valence-corrected chi connectivity index (χ0v) is 12.3. The molecule has 2 atom stereocenters. The Hall–Kier alpha value is -1.78. The molecule has 0 aliphatic carbocycles. The van der Waals surface area contributed by atoms with Crippen LogP contribution in [0.3, 0.4) is 0 Å². The number of rotatable bonds is 7. The zero-order chi connectivity index (χ0) is 16.0. The number of alkyl halides is 2. The topological polar surface area (TPSA) is 46.2 Å². The lowest BCUT2D eigenvalue weighted by molar-refractivity contribution is -0.121. The maximum atomic E-state index is 14.1. The third-order valence-corrected chi connectivity index (χ3v) is 3.74. The Labute approximate surface area is 129 Å². The molecule has 0 saturated carbocycles. The minimum Gasteiger partial charge on any atom is -0.385 e. The minimum atomic E-state index is -3.20. The Morgan fingerprint density at radius 2 is 1.41 bits per heavy atom. The highest BCUT2D eigenvalue weighted by atomic mass is 19.3. The molecule has 4 heteroatoms. The predicted molar refractivity (Wildman–Crippen MR) is 83.8 cm³/mol. The molecule has 0 aliphatic heterocycles. The molecule has 0 radical (unpaired) electrons. The standard InChI is InChI=1S/C18H21F2NO/c19-18(20,12-11-14-7-3-1-4-8-14)17(22)16(21)13-15-9-5-2-6-10-15/h1-10,16-17,22H,11-13,21H2/t16-,17+/m0/s1.